The summed E-state index contributed by atoms with van der Waals surface area (Å²) in [6, 6.07) is 0. The Morgan fingerprint density at radius 3 is 2.31 bits per heavy atom. The van der Waals surface area contributed by atoms with Gasteiger partial charge in [-0.3, -0.25) is 4.68 Å². The van der Waals surface area contributed by atoms with Gasteiger partial charge in [-0.25, -0.2) is 0 Å². The molecule has 6 heteroatoms. The maximum Gasteiger partial charge on any atom is 0.436 e. The van der Waals surface area contributed by atoms with Crippen LogP contribution in [0.1, 0.15) is 43.0 Å². The second kappa shape index (κ2) is 4.05. The van der Waals surface area contributed by atoms with Gasteiger partial charge in [0, 0.05) is 13.0 Å². The monoisotopic (exact) mass is 296 g/mol. The molecule has 0 spiro atoms. The van der Waals surface area contributed by atoms with E-state index in [2.05, 4.69) is 21.0 Å². The zero-order chi connectivity index (χ0) is 11.9. The van der Waals surface area contributed by atoms with E-state index < -0.39 is 11.9 Å². The molecule has 2 nitrogen and oxygen atoms in total. The Hall–Kier alpha value is -0.520. The smallest absolute Gasteiger partial charge is 0.271 e. The molecule has 0 aliphatic heterocycles. The molecule has 1 aromatic heterocycles. The van der Waals surface area contributed by atoms with E-state index in [-0.39, 0.29) is 10.4 Å². The molecule has 16 heavy (non-hydrogen) atoms. The molecule has 0 unspecified atom stereocenters. The van der Waals surface area contributed by atoms with Gasteiger partial charge >= 0.3 is 6.18 Å². The van der Waals surface area contributed by atoms with Gasteiger partial charge in [-0.05, 0) is 28.8 Å². The fraction of sp³-hybridized carbons (Fsp3) is 0.700. The Bertz CT molecular complexity index is 392. The van der Waals surface area contributed by atoms with E-state index in [1.807, 2.05) is 0 Å². The summed E-state index contributed by atoms with van der Waals surface area (Å²) in [7, 11) is 1.58. The van der Waals surface area contributed by atoms with Gasteiger partial charge in [0.15, 0.2) is 5.69 Å². The summed E-state index contributed by atoms with van der Waals surface area (Å²) in [6.07, 6.45) is -0.300. The molecule has 0 saturated heterocycles. The van der Waals surface area contributed by atoms with Crippen molar-refractivity contribution in [1.82, 2.24) is 9.78 Å². The van der Waals surface area contributed by atoms with Crippen LogP contribution in [0.2, 0.25) is 0 Å². The highest BCUT2D eigenvalue weighted by Crippen LogP contribution is 2.42. The molecule has 0 amide bonds. The molecule has 1 aliphatic carbocycles. The fourth-order valence-corrected chi connectivity index (χ4v) is 3.22. The zero-order valence-corrected chi connectivity index (χ0v) is 10.4. The minimum atomic E-state index is -4.38. The third-order valence-electron chi connectivity index (χ3n) is 3.04. The lowest BCUT2D eigenvalue weighted by molar-refractivity contribution is -0.142. The number of alkyl halides is 3. The van der Waals surface area contributed by atoms with Crippen LogP contribution in [0.15, 0.2) is 4.47 Å². The topological polar surface area (TPSA) is 17.8 Å². The SMILES string of the molecule is Cn1nc(C(F)(F)F)c(Br)c1C1CCCC1. The minimum Gasteiger partial charge on any atom is -0.271 e. The van der Waals surface area contributed by atoms with Crippen LogP contribution in [0.3, 0.4) is 0 Å². The van der Waals surface area contributed by atoms with Crippen molar-refractivity contribution in [3.63, 3.8) is 0 Å². The largest absolute Gasteiger partial charge is 0.436 e. The van der Waals surface area contributed by atoms with Gasteiger partial charge in [0.05, 0.1) is 10.2 Å². The van der Waals surface area contributed by atoms with E-state index in [1.165, 1.54) is 4.68 Å². The van der Waals surface area contributed by atoms with Gasteiger partial charge in [-0.1, -0.05) is 12.8 Å². The number of hydrogen-bond donors (Lipinski definition) is 0. The quantitative estimate of drug-likeness (QED) is 0.769. The lowest BCUT2D eigenvalue weighted by Gasteiger charge is -2.10. The van der Waals surface area contributed by atoms with Crippen molar-refractivity contribution in [2.45, 2.75) is 37.8 Å². The van der Waals surface area contributed by atoms with Crippen LogP contribution in [-0.2, 0) is 13.2 Å². The summed E-state index contributed by atoms with van der Waals surface area (Å²) >= 11 is 3.04. The molecular weight excluding hydrogens is 285 g/mol. The number of nitrogens with zero attached hydrogens (tertiary/aromatic N) is 2. The third-order valence-corrected chi connectivity index (χ3v) is 3.82. The first-order valence-corrected chi connectivity index (χ1v) is 6.00. The van der Waals surface area contributed by atoms with E-state index >= 15 is 0 Å². The number of aryl methyl sites for hydroxylation is 1. The lowest BCUT2D eigenvalue weighted by Crippen LogP contribution is -2.07. The molecule has 1 aromatic rings. The first-order chi connectivity index (χ1) is 7.41. The van der Waals surface area contributed by atoms with Crippen molar-refractivity contribution in [1.29, 1.82) is 0 Å². The van der Waals surface area contributed by atoms with Crippen molar-refractivity contribution in [3.8, 4) is 0 Å². The molecule has 0 bridgehead atoms. The van der Waals surface area contributed by atoms with Crippen molar-refractivity contribution in [2.24, 2.45) is 7.05 Å². The van der Waals surface area contributed by atoms with Gasteiger partial charge in [0.2, 0.25) is 0 Å². The van der Waals surface area contributed by atoms with Gasteiger partial charge in [0.1, 0.15) is 0 Å². The van der Waals surface area contributed by atoms with Gasteiger partial charge in [-0.15, -0.1) is 0 Å². The number of halogens is 4. The molecule has 1 heterocycles. The van der Waals surface area contributed by atoms with Crippen molar-refractivity contribution in [2.75, 3.05) is 0 Å². The van der Waals surface area contributed by atoms with E-state index in [0.29, 0.717) is 5.69 Å². The van der Waals surface area contributed by atoms with E-state index in [4.69, 9.17) is 0 Å². The van der Waals surface area contributed by atoms with Crippen LogP contribution in [0, 0.1) is 0 Å². The summed E-state index contributed by atoms with van der Waals surface area (Å²) < 4.78 is 39.4. The van der Waals surface area contributed by atoms with Crippen LogP contribution in [0.5, 0.6) is 0 Å². The summed E-state index contributed by atoms with van der Waals surface area (Å²) in [5.74, 6) is 0.211. The predicted molar refractivity (Wildman–Crippen MR) is 57.1 cm³/mol. The number of aromatic nitrogens is 2. The first kappa shape index (κ1) is 12.0. The molecule has 0 aromatic carbocycles. The summed E-state index contributed by atoms with van der Waals surface area (Å²) in [5, 5.41) is 3.57. The van der Waals surface area contributed by atoms with Gasteiger partial charge < -0.3 is 0 Å². The standard InChI is InChI=1S/C10H12BrF3N2/c1-16-8(6-4-2-3-5-6)7(11)9(15-16)10(12,13)14/h6H,2-5H2,1H3. The Balaban J connectivity index is 2.42. The molecule has 0 N–H and O–H groups in total. The van der Waals surface area contributed by atoms with Crippen molar-refractivity contribution in [3.05, 3.63) is 15.9 Å². The average Bonchev–Trinajstić information content (AvgIpc) is 2.72. The molecule has 90 valence electrons. The maximum absolute atomic E-state index is 12.6. The predicted octanol–water partition coefficient (Wildman–Crippen LogP) is 3.86. The van der Waals surface area contributed by atoms with Crippen molar-refractivity contribution < 1.29 is 13.2 Å². The maximum atomic E-state index is 12.6. The minimum absolute atomic E-state index is 0.120. The highest BCUT2D eigenvalue weighted by Gasteiger charge is 2.39. The molecular formula is C10H12BrF3N2. The first-order valence-electron chi connectivity index (χ1n) is 5.21. The highest BCUT2D eigenvalue weighted by atomic mass is 79.9. The van der Waals surface area contributed by atoms with Crippen LogP contribution in [0.4, 0.5) is 13.2 Å². The Labute approximate surface area is 100.0 Å². The molecule has 1 fully saturated rings. The third kappa shape index (κ3) is 1.99. The second-order valence-corrected chi connectivity index (χ2v) is 4.94. The van der Waals surface area contributed by atoms with E-state index in [1.54, 1.807) is 7.05 Å². The van der Waals surface area contributed by atoms with Crippen LogP contribution in [0.25, 0.3) is 0 Å². The normalized spacial score (nSPS) is 18.3. The summed E-state index contributed by atoms with van der Waals surface area (Å²) in [4.78, 5) is 0. The van der Waals surface area contributed by atoms with E-state index in [9.17, 15) is 13.2 Å². The van der Waals surface area contributed by atoms with Gasteiger partial charge in [-0.2, -0.15) is 18.3 Å². The molecule has 1 aliphatic rings. The van der Waals surface area contributed by atoms with Crippen molar-refractivity contribution >= 4 is 15.9 Å². The molecule has 2 rings (SSSR count). The highest BCUT2D eigenvalue weighted by molar-refractivity contribution is 9.10. The zero-order valence-electron chi connectivity index (χ0n) is 8.81. The fourth-order valence-electron chi connectivity index (χ4n) is 2.33. The second-order valence-electron chi connectivity index (χ2n) is 4.15. The molecule has 0 atom stereocenters. The Morgan fingerprint density at radius 1 is 1.31 bits per heavy atom. The summed E-state index contributed by atoms with van der Waals surface area (Å²) in [5.41, 5.74) is -0.123. The average molecular weight is 297 g/mol. The van der Waals surface area contributed by atoms with E-state index in [0.717, 1.165) is 25.7 Å². The number of hydrogen-bond acceptors (Lipinski definition) is 1. The number of rotatable bonds is 1. The molecule has 0 radical (unpaired) electrons. The summed E-state index contributed by atoms with van der Waals surface area (Å²) in [6.45, 7) is 0. The van der Waals surface area contributed by atoms with Gasteiger partial charge in [0.25, 0.3) is 0 Å². The van der Waals surface area contributed by atoms with Crippen LogP contribution >= 0.6 is 15.9 Å². The Kier molecular flexibility index (Phi) is 3.03. The van der Waals surface area contributed by atoms with Crippen LogP contribution < -0.4 is 0 Å². The molecule has 1 saturated carbocycles. The van der Waals surface area contributed by atoms with Crippen LogP contribution in [-0.4, -0.2) is 9.78 Å². The lowest BCUT2D eigenvalue weighted by atomic mass is 10.0. The Morgan fingerprint density at radius 2 is 1.88 bits per heavy atom.